The summed E-state index contributed by atoms with van der Waals surface area (Å²) in [4.78, 5) is 25.6. The van der Waals surface area contributed by atoms with Gasteiger partial charge in [0.05, 0.1) is 11.9 Å². The molecular formula is C16H29NO3S. The number of thioether (sulfide) groups is 1. The molecule has 0 radical (unpaired) electrons. The maximum Gasteiger partial charge on any atom is 0.242 e. The third-order valence-electron chi connectivity index (χ3n) is 3.22. The number of carbonyl (C=O) groups is 2. The van der Waals surface area contributed by atoms with E-state index in [1.165, 1.54) is 4.90 Å². The molecule has 4 nitrogen and oxygen atoms in total. The lowest BCUT2D eigenvalue weighted by Crippen LogP contribution is -2.38. The maximum atomic E-state index is 12.2. The fourth-order valence-corrected chi connectivity index (χ4v) is 3.12. The highest BCUT2D eigenvalue weighted by Crippen LogP contribution is 2.28. The summed E-state index contributed by atoms with van der Waals surface area (Å²) >= 11 is 1.55. The van der Waals surface area contributed by atoms with Crippen LogP contribution >= 0.6 is 11.8 Å². The second kappa shape index (κ2) is 8.18. The number of nitrogens with zero attached hydrogens (tertiary/aromatic N) is 1. The molecule has 2 amide bonds. The molecular weight excluding hydrogens is 286 g/mol. The van der Waals surface area contributed by atoms with E-state index in [2.05, 4.69) is 13.8 Å². The van der Waals surface area contributed by atoms with Gasteiger partial charge in [-0.25, -0.2) is 0 Å². The summed E-state index contributed by atoms with van der Waals surface area (Å²) in [5, 5.41) is -0.214. The molecule has 5 heteroatoms. The minimum Gasteiger partial charge on any atom is -0.381 e. The van der Waals surface area contributed by atoms with Crippen LogP contribution in [0.1, 0.15) is 47.5 Å². The van der Waals surface area contributed by atoms with Gasteiger partial charge in [-0.05, 0) is 17.8 Å². The SMILES string of the molecule is CC(C)CCOCCSC1CC(=O)N(CC(C)(C)C)C1=O. The van der Waals surface area contributed by atoms with Gasteiger partial charge in [0.15, 0.2) is 0 Å². The lowest BCUT2D eigenvalue weighted by atomic mass is 9.96. The molecule has 1 fully saturated rings. The van der Waals surface area contributed by atoms with E-state index in [9.17, 15) is 9.59 Å². The van der Waals surface area contributed by atoms with Gasteiger partial charge in [-0.2, -0.15) is 0 Å². The number of ether oxygens (including phenoxy) is 1. The van der Waals surface area contributed by atoms with E-state index in [0.717, 1.165) is 18.8 Å². The van der Waals surface area contributed by atoms with Crippen molar-refractivity contribution in [2.45, 2.75) is 52.7 Å². The first-order valence-corrected chi connectivity index (χ1v) is 8.79. The van der Waals surface area contributed by atoms with Crippen molar-refractivity contribution in [1.82, 2.24) is 4.90 Å². The third-order valence-corrected chi connectivity index (χ3v) is 4.39. The van der Waals surface area contributed by atoms with Crippen molar-refractivity contribution in [2.24, 2.45) is 11.3 Å². The van der Waals surface area contributed by atoms with Gasteiger partial charge in [0, 0.05) is 25.3 Å². The van der Waals surface area contributed by atoms with E-state index in [4.69, 9.17) is 4.74 Å². The number of hydrogen-bond donors (Lipinski definition) is 0. The van der Waals surface area contributed by atoms with E-state index < -0.39 is 0 Å². The highest BCUT2D eigenvalue weighted by Gasteiger charge is 2.40. The zero-order valence-electron chi connectivity index (χ0n) is 14.0. The molecule has 0 spiro atoms. The Labute approximate surface area is 133 Å². The molecule has 1 unspecified atom stereocenters. The van der Waals surface area contributed by atoms with Crippen molar-refractivity contribution in [2.75, 3.05) is 25.5 Å². The zero-order chi connectivity index (χ0) is 16.0. The Morgan fingerprint density at radius 2 is 1.95 bits per heavy atom. The fourth-order valence-electron chi connectivity index (χ4n) is 2.09. The molecule has 1 aliphatic rings. The minimum atomic E-state index is -0.214. The summed E-state index contributed by atoms with van der Waals surface area (Å²) < 4.78 is 5.54. The van der Waals surface area contributed by atoms with E-state index in [1.807, 2.05) is 20.8 Å². The summed E-state index contributed by atoms with van der Waals surface area (Å²) in [6.45, 7) is 12.4. The third kappa shape index (κ3) is 6.83. The predicted molar refractivity (Wildman–Crippen MR) is 87.3 cm³/mol. The minimum absolute atomic E-state index is 0.0258. The summed E-state index contributed by atoms with van der Waals surface area (Å²) in [6, 6.07) is 0. The molecule has 0 aromatic rings. The highest BCUT2D eigenvalue weighted by atomic mass is 32.2. The van der Waals surface area contributed by atoms with Gasteiger partial charge in [-0.3, -0.25) is 14.5 Å². The Balaban J connectivity index is 2.28. The van der Waals surface area contributed by atoms with Crippen LogP contribution in [-0.4, -0.2) is 47.5 Å². The van der Waals surface area contributed by atoms with E-state index in [0.29, 0.717) is 25.5 Å². The number of hydrogen-bond acceptors (Lipinski definition) is 4. The lowest BCUT2D eigenvalue weighted by molar-refractivity contribution is -0.139. The molecule has 0 aromatic heterocycles. The van der Waals surface area contributed by atoms with Gasteiger partial charge in [0.1, 0.15) is 0 Å². The van der Waals surface area contributed by atoms with Crippen LogP contribution in [0.5, 0.6) is 0 Å². The standard InChI is InChI=1S/C16H29NO3S/c1-12(2)6-7-20-8-9-21-13-10-14(18)17(15(13)19)11-16(3,4)5/h12-13H,6-11H2,1-5H3. The van der Waals surface area contributed by atoms with Gasteiger partial charge < -0.3 is 4.74 Å². The van der Waals surface area contributed by atoms with Crippen LogP contribution in [0, 0.1) is 11.3 Å². The van der Waals surface area contributed by atoms with Crippen molar-refractivity contribution in [1.29, 1.82) is 0 Å². The molecule has 1 saturated heterocycles. The Hall–Kier alpha value is -0.550. The Kier molecular flexibility index (Phi) is 7.21. The first-order valence-electron chi connectivity index (χ1n) is 7.74. The summed E-state index contributed by atoms with van der Waals surface area (Å²) in [6.07, 6.45) is 1.40. The van der Waals surface area contributed by atoms with Crippen LogP contribution in [0.4, 0.5) is 0 Å². The predicted octanol–water partition coefficient (Wildman–Crippen LogP) is 2.96. The Morgan fingerprint density at radius 3 is 2.52 bits per heavy atom. The van der Waals surface area contributed by atoms with Crippen molar-refractivity contribution < 1.29 is 14.3 Å². The number of rotatable bonds is 8. The topological polar surface area (TPSA) is 46.6 Å². The number of likely N-dealkylation sites (tertiary alicyclic amines) is 1. The summed E-state index contributed by atoms with van der Waals surface area (Å²) in [7, 11) is 0. The molecule has 0 N–H and O–H groups in total. The Morgan fingerprint density at radius 1 is 1.29 bits per heavy atom. The molecule has 122 valence electrons. The van der Waals surface area contributed by atoms with Gasteiger partial charge in [-0.1, -0.05) is 34.6 Å². The average Bonchev–Trinajstić information content (AvgIpc) is 2.59. The fraction of sp³-hybridized carbons (Fsp3) is 0.875. The molecule has 0 saturated carbocycles. The highest BCUT2D eigenvalue weighted by molar-refractivity contribution is 8.00. The number of imide groups is 1. The van der Waals surface area contributed by atoms with Crippen LogP contribution in [0.2, 0.25) is 0 Å². The van der Waals surface area contributed by atoms with Crippen molar-refractivity contribution in [3.8, 4) is 0 Å². The molecule has 21 heavy (non-hydrogen) atoms. The molecule has 1 rings (SSSR count). The molecule has 0 bridgehead atoms. The molecule has 1 heterocycles. The molecule has 1 aliphatic heterocycles. The van der Waals surface area contributed by atoms with Crippen molar-refractivity contribution in [3.63, 3.8) is 0 Å². The lowest BCUT2D eigenvalue weighted by Gasteiger charge is -2.25. The maximum absolute atomic E-state index is 12.2. The smallest absolute Gasteiger partial charge is 0.242 e. The van der Waals surface area contributed by atoms with Crippen molar-refractivity contribution in [3.05, 3.63) is 0 Å². The van der Waals surface area contributed by atoms with Crippen LogP contribution < -0.4 is 0 Å². The average molecular weight is 315 g/mol. The monoisotopic (exact) mass is 315 g/mol. The van der Waals surface area contributed by atoms with E-state index in [-0.39, 0.29) is 22.5 Å². The summed E-state index contributed by atoms with van der Waals surface area (Å²) in [5.74, 6) is 1.36. The normalized spacial score (nSPS) is 19.9. The largest absolute Gasteiger partial charge is 0.381 e. The first-order chi connectivity index (χ1) is 9.70. The van der Waals surface area contributed by atoms with E-state index in [1.54, 1.807) is 11.8 Å². The number of carbonyl (C=O) groups excluding carboxylic acids is 2. The second-order valence-corrected chi connectivity index (χ2v) is 8.55. The second-order valence-electron chi connectivity index (χ2n) is 7.24. The van der Waals surface area contributed by atoms with Crippen LogP contribution in [0.15, 0.2) is 0 Å². The van der Waals surface area contributed by atoms with Crippen molar-refractivity contribution >= 4 is 23.6 Å². The van der Waals surface area contributed by atoms with Crippen LogP contribution in [0.25, 0.3) is 0 Å². The quantitative estimate of drug-likeness (QED) is 0.510. The first kappa shape index (κ1) is 18.5. The molecule has 0 aromatic carbocycles. The number of amides is 2. The van der Waals surface area contributed by atoms with Crippen LogP contribution in [0.3, 0.4) is 0 Å². The van der Waals surface area contributed by atoms with Gasteiger partial charge in [-0.15, -0.1) is 11.8 Å². The van der Waals surface area contributed by atoms with Gasteiger partial charge in [0.25, 0.3) is 0 Å². The van der Waals surface area contributed by atoms with Crippen LogP contribution in [-0.2, 0) is 14.3 Å². The molecule has 0 aliphatic carbocycles. The Bertz CT molecular complexity index is 363. The van der Waals surface area contributed by atoms with E-state index >= 15 is 0 Å². The molecule has 1 atom stereocenters. The zero-order valence-corrected chi connectivity index (χ0v) is 14.8. The van der Waals surface area contributed by atoms with Gasteiger partial charge in [0.2, 0.25) is 11.8 Å². The summed E-state index contributed by atoms with van der Waals surface area (Å²) in [5.41, 5.74) is -0.0508. The van der Waals surface area contributed by atoms with Gasteiger partial charge >= 0.3 is 0 Å².